The zero-order chi connectivity index (χ0) is 14.4. The molecule has 0 saturated carbocycles. The number of ketones is 1. The number of carbonyl (C=O) groups excluding carboxylic acids is 1. The molecule has 0 atom stereocenters. The minimum Gasteiger partial charge on any atom is -0.493 e. The highest BCUT2D eigenvalue weighted by molar-refractivity contribution is 5.99. The third-order valence-electron chi connectivity index (χ3n) is 2.74. The van der Waals surface area contributed by atoms with Gasteiger partial charge in [0.25, 0.3) is 0 Å². The molecule has 104 valence electrons. The second-order valence-electron chi connectivity index (χ2n) is 4.08. The monoisotopic (exact) mass is 272 g/mol. The van der Waals surface area contributed by atoms with Gasteiger partial charge in [-0.05, 0) is 19.1 Å². The van der Waals surface area contributed by atoms with Gasteiger partial charge < -0.3 is 9.47 Å². The molecule has 1 aromatic heterocycles. The molecule has 0 radical (unpaired) electrons. The number of para-hydroxylation sites is 1. The number of aromatic nitrogens is 2. The van der Waals surface area contributed by atoms with Crippen molar-refractivity contribution >= 4 is 5.78 Å². The van der Waals surface area contributed by atoms with Crippen molar-refractivity contribution in [3.8, 4) is 11.6 Å². The van der Waals surface area contributed by atoms with E-state index in [0.717, 1.165) is 0 Å². The molecule has 0 fully saturated rings. The second kappa shape index (κ2) is 6.65. The van der Waals surface area contributed by atoms with Crippen LogP contribution in [0.3, 0.4) is 0 Å². The lowest BCUT2D eigenvalue weighted by Gasteiger charge is -2.09. The fourth-order valence-corrected chi connectivity index (χ4v) is 1.82. The van der Waals surface area contributed by atoms with E-state index >= 15 is 0 Å². The van der Waals surface area contributed by atoms with Crippen LogP contribution in [-0.2, 0) is 6.42 Å². The van der Waals surface area contributed by atoms with E-state index in [0.29, 0.717) is 29.5 Å². The van der Waals surface area contributed by atoms with Crippen LogP contribution >= 0.6 is 0 Å². The molecule has 1 aromatic carbocycles. The highest BCUT2D eigenvalue weighted by Gasteiger charge is 2.13. The fourth-order valence-electron chi connectivity index (χ4n) is 1.82. The Balaban J connectivity index is 2.19. The molecule has 0 spiro atoms. The number of carbonyl (C=O) groups is 1. The predicted octanol–water partition coefficient (Wildman–Crippen LogP) is 2.31. The average molecular weight is 272 g/mol. The Morgan fingerprint density at radius 3 is 2.80 bits per heavy atom. The van der Waals surface area contributed by atoms with Crippen molar-refractivity contribution in [3.05, 3.63) is 47.9 Å². The van der Waals surface area contributed by atoms with E-state index in [1.54, 1.807) is 18.2 Å². The smallest absolute Gasteiger partial charge is 0.216 e. The molecule has 0 aliphatic carbocycles. The Bertz CT molecular complexity index is 599. The van der Waals surface area contributed by atoms with Gasteiger partial charge in [0, 0.05) is 6.07 Å². The van der Waals surface area contributed by atoms with Crippen LogP contribution in [0.5, 0.6) is 11.6 Å². The maximum Gasteiger partial charge on any atom is 0.216 e. The fraction of sp³-hybridized carbons (Fsp3) is 0.267. The molecule has 0 amide bonds. The molecule has 0 N–H and O–H groups in total. The van der Waals surface area contributed by atoms with Crippen LogP contribution in [0.15, 0.2) is 36.7 Å². The summed E-state index contributed by atoms with van der Waals surface area (Å²) in [6.45, 7) is 2.40. The Morgan fingerprint density at radius 1 is 1.25 bits per heavy atom. The number of Topliss-reactive ketones (excluding diaryl/α,β-unsaturated/α-hetero) is 1. The van der Waals surface area contributed by atoms with Gasteiger partial charge in [-0.15, -0.1) is 0 Å². The summed E-state index contributed by atoms with van der Waals surface area (Å²) in [5.74, 6) is 0.997. The number of hydrogen-bond donors (Lipinski definition) is 0. The van der Waals surface area contributed by atoms with Gasteiger partial charge in [0.05, 0.1) is 31.4 Å². The van der Waals surface area contributed by atoms with Gasteiger partial charge in [0.2, 0.25) is 5.88 Å². The Morgan fingerprint density at radius 2 is 2.05 bits per heavy atom. The van der Waals surface area contributed by atoms with E-state index in [-0.39, 0.29) is 12.2 Å². The van der Waals surface area contributed by atoms with Gasteiger partial charge in [-0.2, -0.15) is 0 Å². The summed E-state index contributed by atoms with van der Waals surface area (Å²) in [6.07, 6.45) is 1.57. The van der Waals surface area contributed by atoms with Gasteiger partial charge in [0.1, 0.15) is 12.1 Å². The van der Waals surface area contributed by atoms with Crippen LogP contribution in [0.1, 0.15) is 23.0 Å². The van der Waals surface area contributed by atoms with Crippen LogP contribution in [-0.4, -0.2) is 29.5 Å². The molecule has 1 heterocycles. The van der Waals surface area contributed by atoms with Crippen molar-refractivity contribution in [2.75, 3.05) is 13.7 Å². The lowest BCUT2D eigenvalue weighted by atomic mass is 10.1. The van der Waals surface area contributed by atoms with Crippen LogP contribution in [0.4, 0.5) is 0 Å². The molecule has 20 heavy (non-hydrogen) atoms. The molecular formula is C15H16N2O3. The van der Waals surface area contributed by atoms with E-state index in [4.69, 9.17) is 9.47 Å². The van der Waals surface area contributed by atoms with Crippen LogP contribution in [0, 0.1) is 0 Å². The molecule has 0 aliphatic heterocycles. The summed E-state index contributed by atoms with van der Waals surface area (Å²) in [5.41, 5.74) is 1.18. The largest absolute Gasteiger partial charge is 0.493 e. The average Bonchev–Trinajstić information content (AvgIpc) is 2.48. The van der Waals surface area contributed by atoms with E-state index in [9.17, 15) is 4.79 Å². The number of hydrogen-bond acceptors (Lipinski definition) is 5. The molecule has 2 rings (SSSR count). The first-order chi connectivity index (χ1) is 9.74. The Kier molecular flexibility index (Phi) is 4.65. The van der Waals surface area contributed by atoms with Crippen molar-refractivity contribution < 1.29 is 14.3 Å². The number of rotatable bonds is 6. The van der Waals surface area contributed by atoms with E-state index in [2.05, 4.69) is 9.97 Å². The maximum absolute atomic E-state index is 12.3. The van der Waals surface area contributed by atoms with E-state index in [1.165, 1.54) is 13.4 Å². The minimum atomic E-state index is -0.0465. The van der Waals surface area contributed by atoms with Crippen molar-refractivity contribution in [1.29, 1.82) is 0 Å². The molecule has 0 saturated heterocycles. The van der Waals surface area contributed by atoms with Crippen LogP contribution in [0.25, 0.3) is 0 Å². The lowest BCUT2D eigenvalue weighted by Crippen LogP contribution is -2.08. The molecule has 0 bridgehead atoms. The lowest BCUT2D eigenvalue weighted by molar-refractivity contribution is 0.0988. The number of nitrogens with zero attached hydrogens (tertiary/aromatic N) is 2. The highest BCUT2D eigenvalue weighted by atomic mass is 16.5. The predicted molar refractivity (Wildman–Crippen MR) is 74.2 cm³/mol. The third kappa shape index (κ3) is 3.32. The standard InChI is InChI=1S/C15H16N2O3/c1-3-20-14-7-5-4-6-12(14)13(18)8-11-9-15(19-2)17-10-16-11/h4-7,9-10H,3,8H2,1-2H3. The zero-order valence-electron chi connectivity index (χ0n) is 11.5. The van der Waals surface area contributed by atoms with Gasteiger partial charge in [-0.3, -0.25) is 4.79 Å². The number of ether oxygens (including phenoxy) is 2. The SMILES string of the molecule is CCOc1ccccc1C(=O)Cc1cc(OC)ncn1. The van der Waals surface area contributed by atoms with Crippen LogP contribution in [0.2, 0.25) is 0 Å². The summed E-state index contributed by atoms with van der Waals surface area (Å²) >= 11 is 0. The van der Waals surface area contributed by atoms with Gasteiger partial charge in [-0.1, -0.05) is 12.1 Å². The molecule has 5 heteroatoms. The summed E-state index contributed by atoms with van der Waals surface area (Å²) in [5, 5.41) is 0. The summed E-state index contributed by atoms with van der Waals surface area (Å²) in [7, 11) is 1.53. The topological polar surface area (TPSA) is 61.3 Å². The molecule has 0 unspecified atom stereocenters. The number of benzene rings is 1. The van der Waals surface area contributed by atoms with Crippen molar-refractivity contribution in [1.82, 2.24) is 9.97 Å². The normalized spacial score (nSPS) is 10.1. The highest BCUT2D eigenvalue weighted by Crippen LogP contribution is 2.20. The van der Waals surface area contributed by atoms with E-state index in [1.807, 2.05) is 19.1 Å². The van der Waals surface area contributed by atoms with Gasteiger partial charge >= 0.3 is 0 Å². The van der Waals surface area contributed by atoms with Crippen LogP contribution < -0.4 is 9.47 Å². The molecule has 5 nitrogen and oxygen atoms in total. The summed E-state index contributed by atoms with van der Waals surface area (Å²) in [6, 6.07) is 8.86. The zero-order valence-corrected chi connectivity index (χ0v) is 11.5. The quantitative estimate of drug-likeness (QED) is 0.755. The molecule has 0 aliphatic rings. The Labute approximate surface area is 117 Å². The first kappa shape index (κ1) is 14.0. The van der Waals surface area contributed by atoms with Crippen molar-refractivity contribution in [2.24, 2.45) is 0 Å². The van der Waals surface area contributed by atoms with Gasteiger partial charge in [0.15, 0.2) is 5.78 Å². The Hall–Kier alpha value is -2.43. The molecular weight excluding hydrogens is 256 g/mol. The summed E-state index contributed by atoms with van der Waals surface area (Å²) < 4.78 is 10.5. The third-order valence-corrected chi connectivity index (χ3v) is 2.74. The number of methoxy groups -OCH3 is 1. The van der Waals surface area contributed by atoms with Gasteiger partial charge in [-0.25, -0.2) is 9.97 Å². The maximum atomic E-state index is 12.3. The first-order valence-electron chi connectivity index (χ1n) is 6.34. The second-order valence-corrected chi connectivity index (χ2v) is 4.08. The first-order valence-corrected chi connectivity index (χ1v) is 6.34. The minimum absolute atomic E-state index is 0.0465. The van der Waals surface area contributed by atoms with E-state index < -0.39 is 0 Å². The summed E-state index contributed by atoms with van der Waals surface area (Å²) in [4.78, 5) is 20.3. The van der Waals surface area contributed by atoms with Crippen molar-refractivity contribution in [2.45, 2.75) is 13.3 Å². The van der Waals surface area contributed by atoms with Crippen molar-refractivity contribution in [3.63, 3.8) is 0 Å². The molecule has 2 aromatic rings.